The van der Waals surface area contributed by atoms with Gasteiger partial charge in [-0.3, -0.25) is 4.79 Å². The number of aliphatic imine (C=N–C) groups is 1. The highest BCUT2D eigenvalue weighted by molar-refractivity contribution is 14.1. The Morgan fingerprint density at radius 2 is 1.91 bits per heavy atom. The molecule has 1 aliphatic carbocycles. The van der Waals surface area contributed by atoms with Crippen molar-refractivity contribution in [2.45, 2.75) is 40.0 Å². The molecule has 0 radical (unpaired) electrons. The van der Waals surface area contributed by atoms with Gasteiger partial charge in [-0.1, -0.05) is 44.0 Å². The Hall–Kier alpha value is -1.61. The van der Waals surface area contributed by atoms with Gasteiger partial charge >= 0.3 is 0 Å². The average Bonchev–Trinajstić information content (AvgIpc) is 3.14. The standard InChI is InChI=1S/C26H25Cl2IN2O2S/c1-26(2,3)15-4-9-19-21(11-15)34-25(30-13-14-10-17(28)12-20(29)23(14)32)22(19)24(33)31-18-7-5-16(27)6-8-18/h5-8,10,12-13,15,32H,4,9,11H2,1-3H3,(H,31,33)/t15-/m0/s1. The second-order valence-corrected chi connectivity index (χ2v) is 12.7. The van der Waals surface area contributed by atoms with E-state index >= 15 is 0 Å². The van der Waals surface area contributed by atoms with Crippen molar-refractivity contribution in [3.8, 4) is 5.75 Å². The van der Waals surface area contributed by atoms with Crippen LogP contribution in [0.2, 0.25) is 10.0 Å². The van der Waals surface area contributed by atoms with Crippen molar-refractivity contribution >= 4 is 79.9 Å². The predicted octanol–water partition coefficient (Wildman–Crippen LogP) is 8.52. The fraction of sp³-hybridized carbons (Fsp3) is 0.308. The van der Waals surface area contributed by atoms with E-state index in [1.165, 1.54) is 4.88 Å². The zero-order chi connectivity index (χ0) is 24.6. The summed E-state index contributed by atoms with van der Waals surface area (Å²) in [6.45, 7) is 6.81. The molecule has 4 rings (SSSR count). The van der Waals surface area contributed by atoms with E-state index < -0.39 is 0 Å². The summed E-state index contributed by atoms with van der Waals surface area (Å²) in [5, 5.41) is 15.2. The molecule has 0 saturated carbocycles. The molecule has 0 saturated heterocycles. The molecule has 0 spiro atoms. The summed E-state index contributed by atoms with van der Waals surface area (Å²) in [7, 11) is 0. The molecule has 0 fully saturated rings. The van der Waals surface area contributed by atoms with Crippen LogP contribution in [-0.2, 0) is 12.8 Å². The number of anilines is 1. The van der Waals surface area contributed by atoms with Crippen molar-refractivity contribution in [2.24, 2.45) is 16.3 Å². The number of nitrogens with one attached hydrogen (secondary N) is 1. The molecule has 1 atom stereocenters. The summed E-state index contributed by atoms with van der Waals surface area (Å²) in [5.41, 5.74) is 3.07. The topological polar surface area (TPSA) is 61.7 Å². The first-order valence-electron chi connectivity index (χ1n) is 11.0. The molecule has 4 nitrogen and oxygen atoms in total. The van der Waals surface area contributed by atoms with Crippen LogP contribution in [0, 0.1) is 14.9 Å². The van der Waals surface area contributed by atoms with Gasteiger partial charge in [-0.15, -0.1) is 11.3 Å². The zero-order valence-electron chi connectivity index (χ0n) is 19.1. The van der Waals surface area contributed by atoms with Gasteiger partial charge in [0.1, 0.15) is 10.8 Å². The summed E-state index contributed by atoms with van der Waals surface area (Å²) in [6, 6.07) is 10.4. The number of phenolic OH excluding ortho intramolecular Hbond substituents is 1. The lowest BCUT2D eigenvalue weighted by atomic mass is 9.72. The Kier molecular flexibility index (Phi) is 7.62. The predicted molar refractivity (Wildman–Crippen MR) is 152 cm³/mol. The number of rotatable bonds is 4. The minimum atomic E-state index is -0.189. The fourth-order valence-corrected chi connectivity index (χ4v) is 6.63. The van der Waals surface area contributed by atoms with Crippen LogP contribution in [0.25, 0.3) is 0 Å². The maximum absolute atomic E-state index is 13.4. The third-order valence-electron chi connectivity index (χ3n) is 6.18. The quantitative estimate of drug-likeness (QED) is 0.225. The zero-order valence-corrected chi connectivity index (χ0v) is 23.6. The molecule has 0 aliphatic heterocycles. The van der Waals surface area contributed by atoms with Crippen molar-refractivity contribution in [3.63, 3.8) is 0 Å². The lowest BCUT2D eigenvalue weighted by Crippen LogP contribution is -2.27. The minimum absolute atomic E-state index is 0.120. The first-order valence-corrected chi connectivity index (χ1v) is 13.6. The molecule has 2 aromatic carbocycles. The second kappa shape index (κ2) is 10.2. The Morgan fingerprint density at radius 3 is 2.59 bits per heavy atom. The highest BCUT2D eigenvalue weighted by atomic mass is 127. The van der Waals surface area contributed by atoms with Crippen molar-refractivity contribution in [3.05, 3.63) is 71.6 Å². The van der Waals surface area contributed by atoms with Gasteiger partial charge in [-0.05, 0) is 95.1 Å². The molecule has 1 amide bonds. The lowest BCUT2D eigenvalue weighted by molar-refractivity contribution is 0.102. The van der Waals surface area contributed by atoms with Gasteiger partial charge in [-0.25, -0.2) is 4.99 Å². The number of benzene rings is 2. The number of hydrogen-bond acceptors (Lipinski definition) is 4. The molecular weight excluding hydrogens is 602 g/mol. The Morgan fingerprint density at radius 1 is 1.21 bits per heavy atom. The van der Waals surface area contributed by atoms with Crippen LogP contribution in [0.15, 0.2) is 41.4 Å². The van der Waals surface area contributed by atoms with Crippen LogP contribution < -0.4 is 5.32 Å². The fourth-order valence-electron chi connectivity index (χ4n) is 4.18. The number of carbonyl (C=O) groups is 1. The first-order chi connectivity index (χ1) is 16.0. The summed E-state index contributed by atoms with van der Waals surface area (Å²) in [6.07, 6.45) is 4.39. The van der Waals surface area contributed by atoms with Crippen molar-refractivity contribution < 1.29 is 9.90 Å². The molecule has 0 unspecified atom stereocenters. The summed E-state index contributed by atoms with van der Waals surface area (Å²) < 4.78 is 0.644. The van der Waals surface area contributed by atoms with Crippen LogP contribution in [-0.4, -0.2) is 17.2 Å². The molecule has 1 aromatic heterocycles. The van der Waals surface area contributed by atoms with E-state index in [9.17, 15) is 9.90 Å². The third-order valence-corrected chi connectivity index (χ3v) is 8.63. The average molecular weight is 627 g/mol. The Balaban J connectivity index is 1.73. The molecule has 1 heterocycles. The van der Waals surface area contributed by atoms with E-state index in [-0.39, 0.29) is 17.1 Å². The number of carbonyl (C=O) groups excluding carboxylic acids is 1. The van der Waals surface area contributed by atoms with Crippen molar-refractivity contribution in [1.82, 2.24) is 0 Å². The number of amides is 1. The number of fused-ring (bicyclic) bond motifs is 1. The smallest absolute Gasteiger partial charge is 0.259 e. The molecule has 3 aromatic rings. The summed E-state index contributed by atoms with van der Waals surface area (Å²) in [4.78, 5) is 19.3. The highest BCUT2D eigenvalue weighted by Crippen LogP contribution is 2.45. The number of nitrogens with zero attached hydrogens (tertiary/aromatic N) is 1. The number of hydrogen-bond donors (Lipinski definition) is 2. The molecule has 178 valence electrons. The van der Waals surface area contributed by atoms with Crippen LogP contribution in [0.4, 0.5) is 10.7 Å². The maximum atomic E-state index is 13.4. The van der Waals surface area contributed by atoms with Gasteiger partial charge in [0.25, 0.3) is 5.91 Å². The molecule has 8 heteroatoms. The Labute approximate surface area is 227 Å². The van der Waals surface area contributed by atoms with E-state index in [4.69, 9.17) is 23.2 Å². The second-order valence-electron chi connectivity index (χ2n) is 9.53. The lowest BCUT2D eigenvalue weighted by Gasteiger charge is -2.33. The normalized spacial score (nSPS) is 16.0. The SMILES string of the molecule is CC(C)(C)[C@H]1CCc2c(sc(N=Cc3cc(Cl)cc(I)c3O)c2C(=O)Nc2ccc(Cl)cc2)C1. The monoisotopic (exact) mass is 626 g/mol. The third kappa shape index (κ3) is 5.61. The van der Waals surface area contributed by atoms with Gasteiger partial charge < -0.3 is 10.4 Å². The molecule has 34 heavy (non-hydrogen) atoms. The van der Waals surface area contributed by atoms with E-state index in [0.717, 1.165) is 24.8 Å². The van der Waals surface area contributed by atoms with Crippen molar-refractivity contribution in [1.29, 1.82) is 0 Å². The molecular formula is C26H25Cl2IN2O2S. The maximum Gasteiger partial charge on any atom is 0.259 e. The number of halogens is 3. The van der Waals surface area contributed by atoms with Gasteiger partial charge in [0, 0.05) is 32.4 Å². The molecule has 2 N–H and O–H groups in total. The minimum Gasteiger partial charge on any atom is -0.506 e. The van der Waals surface area contributed by atoms with E-state index in [1.807, 2.05) is 22.6 Å². The van der Waals surface area contributed by atoms with Gasteiger partial charge in [0.15, 0.2) is 0 Å². The van der Waals surface area contributed by atoms with E-state index in [0.29, 0.717) is 41.3 Å². The van der Waals surface area contributed by atoms with E-state index in [1.54, 1.807) is 53.9 Å². The van der Waals surface area contributed by atoms with Crippen LogP contribution in [0.3, 0.4) is 0 Å². The van der Waals surface area contributed by atoms with E-state index in [2.05, 4.69) is 31.1 Å². The largest absolute Gasteiger partial charge is 0.506 e. The van der Waals surface area contributed by atoms with Gasteiger partial charge in [0.2, 0.25) is 0 Å². The van der Waals surface area contributed by atoms with Gasteiger partial charge in [-0.2, -0.15) is 0 Å². The van der Waals surface area contributed by atoms with Crippen molar-refractivity contribution in [2.75, 3.05) is 5.32 Å². The summed E-state index contributed by atoms with van der Waals surface area (Å²) >= 11 is 15.8. The number of thiophene rings is 1. The van der Waals surface area contributed by atoms with Crippen LogP contribution in [0.5, 0.6) is 5.75 Å². The first kappa shape index (κ1) is 25.5. The molecule has 1 aliphatic rings. The number of aromatic hydroxyl groups is 1. The summed E-state index contributed by atoms with van der Waals surface area (Å²) in [5.74, 6) is 0.474. The molecule has 0 bridgehead atoms. The number of phenols is 1. The van der Waals surface area contributed by atoms with Gasteiger partial charge in [0.05, 0.1) is 9.13 Å². The Bertz CT molecular complexity index is 1260. The van der Waals surface area contributed by atoms with Crippen LogP contribution >= 0.6 is 57.1 Å². The highest BCUT2D eigenvalue weighted by Gasteiger charge is 2.33. The van der Waals surface area contributed by atoms with Crippen LogP contribution in [0.1, 0.15) is 53.6 Å².